The Labute approximate surface area is 124 Å². The average Bonchev–Trinajstić information content (AvgIpc) is 2.54. The summed E-state index contributed by atoms with van der Waals surface area (Å²) in [5, 5.41) is 0. The van der Waals surface area contributed by atoms with Crippen LogP contribution < -0.4 is 14.2 Å². The van der Waals surface area contributed by atoms with Gasteiger partial charge in [0.25, 0.3) is 5.79 Å². The lowest BCUT2D eigenvalue weighted by molar-refractivity contribution is -0.235. The molecule has 0 spiro atoms. The number of para-hydroxylation sites is 2. The normalized spacial score (nSPS) is 23.7. The predicted octanol–water partition coefficient (Wildman–Crippen LogP) is 3.35. The lowest BCUT2D eigenvalue weighted by Gasteiger charge is -2.41. The standard InChI is InChI=1S/C17H18O4/c1-12-17(19-3,13-8-10-14(18-2)11-9-13)21-16-7-5-4-6-15(16)20-12/h4-12H,1-3H3. The highest BCUT2D eigenvalue weighted by molar-refractivity contribution is 5.43. The van der Waals surface area contributed by atoms with Crippen LogP contribution in [0.15, 0.2) is 48.5 Å². The van der Waals surface area contributed by atoms with E-state index in [2.05, 4.69) is 0 Å². The van der Waals surface area contributed by atoms with Gasteiger partial charge in [0.1, 0.15) is 5.75 Å². The molecule has 21 heavy (non-hydrogen) atoms. The lowest BCUT2D eigenvalue weighted by atomic mass is 9.99. The molecule has 0 bridgehead atoms. The largest absolute Gasteiger partial charge is 0.497 e. The van der Waals surface area contributed by atoms with Gasteiger partial charge in [-0.3, -0.25) is 0 Å². The number of hydrogen-bond acceptors (Lipinski definition) is 4. The predicted molar refractivity (Wildman–Crippen MR) is 78.8 cm³/mol. The minimum Gasteiger partial charge on any atom is -0.497 e. The fourth-order valence-corrected chi connectivity index (χ4v) is 2.59. The summed E-state index contributed by atoms with van der Waals surface area (Å²) in [4.78, 5) is 0. The minimum absolute atomic E-state index is 0.286. The molecule has 0 saturated heterocycles. The molecule has 0 radical (unpaired) electrons. The molecule has 0 aliphatic carbocycles. The molecule has 0 fully saturated rings. The third-order valence-electron chi connectivity index (χ3n) is 3.75. The fourth-order valence-electron chi connectivity index (χ4n) is 2.59. The molecule has 0 saturated carbocycles. The summed E-state index contributed by atoms with van der Waals surface area (Å²) < 4.78 is 23.0. The van der Waals surface area contributed by atoms with E-state index in [1.807, 2.05) is 55.5 Å². The van der Waals surface area contributed by atoms with Crippen molar-refractivity contribution in [2.45, 2.75) is 18.8 Å². The van der Waals surface area contributed by atoms with Crippen molar-refractivity contribution < 1.29 is 18.9 Å². The van der Waals surface area contributed by atoms with Crippen LogP contribution in [-0.2, 0) is 10.5 Å². The monoisotopic (exact) mass is 286 g/mol. The first-order chi connectivity index (χ1) is 10.2. The Balaban J connectivity index is 2.03. The van der Waals surface area contributed by atoms with Gasteiger partial charge in [0.2, 0.25) is 0 Å². The Morgan fingerprint density at radius 2 is 1.62 bits per heavy atom. The van der Waals surface area contributed by atoms with Crippen LogP contribution in [0, 0.1) is 0 Å². The second-order valence-electron chi connectivity index (χ2n) is 4.91. The molecular formula is C17H18O4. The number of fused-ring (bicyclic) bond motifs is 1. The van der Waals surface area contributed by atoms with Gasteiger partial charge >= 0.3 is 0 Å². The van der Waals surface area contributed by atoms with Crippen LogP contribution in [0.5, 0.6) is 17.2 Å². The lowest BCUT2D eigenvalue weighted by Crippen LogP contribution is -2.50. The van der Waals surface area contributed by atoms with E-state index in [4.69, 9.17) is 18.9 Å². The minimum atomic E-state index is -0.972. The van der Waals surface area contributed by atoms with Crippen LogP contribution >= 0.6 is 0 Å². The van der Waals surface area contributed by atoms with Crippen molar-refractivity contribution in [3.05, 3.63) is 54.1 Å². The third kappa shape index (κ3) is 2.21. The molecule has 2 aromatic carbocycles. The molecule has 1 aliphatic heterocycles. The summed E-state index contributed by atoms with van der Waals surface area (Å²) in [6.07, 6.45) is -0.286. The van der Waals surface area contributed by atoms with E-state index in [0.29, 0.717) is 5.75 Å². The molecule has 1 heterocycles. The van der Waals surface area contributed by atoms with E-state index < -0.39 is 5.79 Å². The van der Waals surface area contributed by atoms with Crippen molar-refractivity contribution >= 4 is 0 Å². The Kier molecular flexibility index (Phi) is 3.47. The molecule has 2 aromatic rings. The van der Waals surface area contributed by atoms with E-state index in [0.717, 1.165) is 17.1 Å². The van der Waals surface area contributed by atoms with Crippen molar-refractivity contribution in [1.29, 1.82) is 0 Å². The highest BCUT2D eigenvalue weighted by Crippen LogP contribution is 2.43. The average molecular weight is 286 g/mol. The topological polar surface area (TPSA) is 36.9 Å². The number of rotatable bonds is 3. The molecule has 3 rings (SSSR count). The van der Waals surface area contributed by atoms with Gasteiger partial charge in [-0.1, -0.05) is 12.1 Å². The molecule has 0 amide bonds. The Hall–Kier alpha value is -2.20. The maximum atomic E-state index is 6.15. The number of hydrogen-bond donors (Lipinski definition) is 0. The number of methoxy groups -OCH3 is 2. The van der Waals surface area contributed by atoms with Crippen molar-refractivity contribution in [2.24, 2.45) is 0 Å². The van der Waals surface area contributed by atoms with E-state index in [1.165, 1.54) is 0 Å². The van der Waals surface area contributed by atoms with E-state index in [-0.39, 0.29) is 6.10 Å². The fraction of sp³-hybridized carbons (Fsp3) is 0.294. The van der Waals surface area contributed by atoms with Crippen LogP contribution in [0.2, 0.25) is 0 Å². The second-order valence-corrected chi connectivity index (χ2v) is 4.91. The molecule has 0 aromatic heterocycles. The van der Waals surface area contributed by atoms with Gasteiger partial charge in [0.05, 0.1) is 7.11 Å². The van der Waals surface area contributed by atoms with Gasteiger partial charge in [-0.15, -0.1) is 0 Å². The molecule has 4 nitrogen and oxygen atoms in total. The Morgan fingerprint density at radius 1 is 0.952 bits per heavy atom. The molecule has 2 atom stereocenters. The van der Waals surface area contributed by atoms with E-state index in [1.54, 1.807) is 14.2 Å². The van der Waals surface area contributed by atoms with Crippen LogP contribution in [0.4, 0.5) is 0 Å². The Morgan fingerprint density at radius 3 is 2.24 bits per heavy atom. The van der Waals surface area contributed by atoms with Gasteiger partial charge in [-0.25, -0.2) is 0 Å². The van der Waals surface area contributed by atoms with Crippen LogP contribution in [0.25, 0.3) is 0 Å². The molecule has 2 unspecified atom stereocenters. The van der Waals surface area contributed by atoms with Crippen molar-refractivity contribution in [2.75, 3.05) is 14.2 Å². The SMILES string of the molecule is COc1ccc(C2(OC)Oc3ccccc3OC2C)cc1. The first-order valence-electron chi connectivity index (χ1n) is 6.84. The summed E-state index contributed by atoms with van der Waals surface area (Å²) in [7, 11) is 3.26. The van der Waals surface area contributed by atoms with Gasteiger partial charge < -0.3 is 18.9 Å². The highest BCUT2D eigenvalue weighted by Gasteiger charge is 2.46. The quantitative estimate of drug-likeness (QED) is 0.867. The zero-order valence-corrected chi connectivity index (χ0v) is 12.3. The highest BCUT2D eigenvalue weighted by atomic mass is 16.7. The van der Waals surface area contributed by atoms with Crippen molar-refractivity contribution in [3.63, 3.8) is 0 Å². The molecule has 1 aliphatic rings. The maximum absolute atomic E-state index is 6.15. The third-order valence-corrected chi connectivity index (χ3v) is 3.75. The zero-order chi connectivity index (χ0) is 14.9. The Bertz CT molecular complexity index is 623. The molecule has 0 N–H and O–H groups in total. The second kappa shape index (κ2) is 5.30. The van der Waals surface area contributed by atoms with Crippen LogP contribution in [0.3, 0.4) is 0 Å². The molecule has 110 valence electrons. The molecule has 4 heteroatoms. The van der Waals surface area contributed by atoms with Gasteiger partial charge in [0.15, 0.2) is 17.6 Å². The molecular weight excluding hydrogens is 268 g/mol. The van der Waals surface area contributed by atoms with E-state index >= 15 is 0 Å². The summed E-state index contributed by atoms with van der Waals surface area (Å²) in [5.74, 6) is 1.22. The summed E-state index contributed by atoms with van der Waals surface area (Å²) >= 11 is 0. The smallest absolute Gasteiger partial charge is 0.274 e. The number of benzene rings is 2. The van der Waals surface area contributed by atoms with Gasteiger partial charge in [-0.2, -0.15) is 0 Å². The van der Waals surface area contributed by atoms with Crippen LogP contribution in [0.1, 0.15) is 12.5 Å². The van der Waals surface area contributed by atoms with Crippen molar-refractivity contribution in [3.8, 4) is 17.2 Å². The van der Waals surface area contributed by atoms with E-state index in [9.17, 15) is 0 Å². The summed E-state index contributed by atoms with van der Waals surface area (Å²) in [6, 6.07) is 15.2. The van der Waals surface area contributed by atoms with Gasteiger partial charge in [0, 0.05) is 12.7 Å². The maximum Gasteiger partial charge on any atom is 0.274 e. The zero-order valence-electron chi connectivity index (χ0n) is 12.3. The first-order valence-corrected chi connectivity index (χ1v) is 6.84. The van der Waals surface area contributed by atoms with Gasteiger partial charge in [-0.05, 0) is 43.3 Å². The van der Waals surface area contributed by atoms with Crippen LogP contribution in [-0.4, -0.2) is 20.3 Å². The van der Waals surface area contributed by atoms with Crippen molar-refractivity contribution in [1.82, 2.24) is 0 Å². The number of ether oxygens (including phenoxy) is 4. The summed E-state index contributed by atoms with van der Waals surface area (Å²) in [5.41, 5.74) is 0.882. The first kappa shape index (κ1) is 13.8. The summed E-state index contributed by atoms with van der Waals surface area (Å²) in [6.45, 7) is 1.93.